The molecule has 0 radical (unpaired) electrons. The number of alkyl halides is 1. The van der Waals surface area contributed by atoms with E-state index in [4.69, 9.17) is 19.4 Å². The van der Waals surface area contributed by atoms with E-state index in [-0.39, 0.29) is 59.1 Å². The standard InChI is InChI=1S/C34H35F3N6O3/c1-2-21-23(36)6-4-17-10-20(44)11-22(26(17)21)29-28(37)30-27-31(43-14-19-5-7-24(38-19)25(43)15-45-32(27)39-29)41-33(40-30)46-16-34-8-3-9-42(34)13-18(35)12-34/h4,6,10-11,18-19,24-25,38,44H,2-3,5,7-9,12-16H2,1H3/t18-,19+,24-,25+,34-/m1/s1. The van der Waals surface area contributed by atoms with Crippen molar-refractivity contribution in [2.75, 3.05) is 37.7 Å². The van der Waals surface area contributed by atoms with Crippen LogP contribution < -0.4 is 19.7 Å². The molecule has 7 heterocycles. The number of fused-ring (bicyclic) bond motifs is 7. The van der Waals surface area contributed by atoms with Crippen molar-refractivity contribution in [3.8, 4) is 28.9 Å². The fourth-order valence-electron chi connectivity index (χ4n) is 8.84. The number of hydrogen-bond donors (Lipinski definition) is 2. The van der Waals surface area contributed by atoms with E-state index in [1.54, 1.807) is 6.07 Å². The molecule has 5 aliphatic rings. The number of halogens is 3. The summed E-state index contributed by atoms with van der Waals surface area (Å²) < 4.78 is 59.3. The van der Waals surface area contributed by atoms with E-state index in [0.717, 1.165) is 32.2 Å². The maximum atomic E-state index is 17.1. The van der Waals surface area contributed by atoms with Crippen LogP contribution in [0.4, 0.5) is 19.0 Å². The zero-order valence-electron chi connectivity index (χ0n) is 25.5. The van der Waals surface area contributed by atoms with Crippen LogP contribution in [0.25, 0.3) is 32.9 Å². The predicted molar refractivity (Wildman–Crippen MR) is 166 cm³/mol. The van der Waals surface area contributed by atoms with Gasteiger partial charge >= 0.3 is 6.01 Å². The number of anilines is 1. The Balaban J connectivity index is 1.24. The fraction of sp³-hybridized carbons (Fsp3) is 0.500. The van der Waals surface area contributed by atoms with Gasteiger partial charge in [0, 0.05) is 37.2 Å². The summed E-state index contributed by atoms with van der Waals surface area (Å²) in [4.78, 5) is 18.6. The largest absolute Gasteiger partial charge is 0.508 e. The van der Waals surface area contributed by atoms with Crippen LogP contribution in [0.3, 0.4) is 0 Å². The normalized spacial score (nSPS) is 28.4. The van der Waals surface area contributed by atoms with E-state index >= 15 is 8.78 Å². The van der Waals surface area contributed by atoms with Gasteiger partial charge in [0.25, 0.3) is 0 Å². The number of benzene rings is 2. The number of piperazine rings is 1. The summed E-state index contributed by atoms with van der Waals surface area (Å²) in [5, 5.41) is 15.8. The first kappa shape index (κ1) is 28.3. The number of ether oxygens (including phenoxy) is 2. The van der Waals surface area contributed by atoms with Crippen LogP contribution in [0.15, 0.2) is 24.3 Å². The summed E-state index contributed by atoms with van der Waals surface area (Å²) >= 11 is 0. The number of aryl methyl sites for hydroxylation is 1. The topological polar surface area (TPSA) is 95.9 Å². The number of nitrogens with one attached hydrogen (secondary N) is 1. The van der Waals surface area contributed by atoms with Gasteiger partial charge in [-0.05, 0) is 73.2 Å². The maximum Gasteiger partial charge on any atom is 0.319 e. The second-order valence-corrected chi connectivity index (χ2v) is 13.5. The molecule has 9 rings (SSSR count). The molecule has 5 atom stereocenters. The number of phenolic OH excluding ortho intramolecular Hbond substituents is 1. The second-order valence-electron chi connectivity index (χ2n) is 13.5. The van der Waals surface area contributed by atoms with Gasteiger partial charge in [-0.15, -0.1) is 0 Å². The number of pyridine rings is 1. The first-order valence-corrected chi connectivity index (χ1v) is 16.3. The van der Waals surface area contributed by atoms with Crippen molar-refractivity contribution in [3.63, 3.8) is 0 Å². The van der Waals surface area contributed by atoms with Gasteiger partial charge < -0.3 is 24.8 Å². The minimum absolute atomic E-state index is 0.0145. The Bertz CT molecular complexity index is 1910. The molecule has 0 aliphatic carbocycles. The molecule has 2 bridgehead atoms. The van der Waals surface area contributed by atoms with Gasteiger partial charge in [-0.3, -0.25) is 4.90 Å². The molecule has 2 aromatic carbocycles. The van der Waals surface area contributed by atoms with Crippen LogP contribution >= 0.6 is 0 Å². The molecule has 12 heteroatoms. The van der Waals surface area contributed by atoms with Crippen molar-refractivity contribution >= 4 is 27.5 Å². The summed E-state index contributed by atoms with van der Waals surface area (Å²) in [5.41, 5.74) is 0.0926. The van der Waals surface area contributed by atoms with E-state index < -0.39 is 23.3 Å². The molecule has 9 nitrogen and oxygen atoms in total. The lowest BCUT2D eigenvalue weighted by Crippen LogP contribution is -2.60. The highest BCUT2D eigenvalue weighted by molar-refractivity contribution is 6.03. The molecule has 0 saturated carbocycles. The zero-order chi connectivity index (χ0) is 31.3. The summed E-state index contributed by atoms with van der Waals surface area (Å²) in [7, 11) is 0. The Morgan fingerprint density at radius 1 is 1.13 bits per heavy atom. The maximum absolute atomic E-state index is 17.1. The van der Waals surface area contributed by atoms with Gasteiger partial charge in [0.2, 0.25) is 5.88 Å². The number of hydrogen-bond acceptors (Lipinski definition) is 9. The van der Waals surface area contributed by atoms with Gasteiger partial charge in [-0.1, -0.05) is 13.0 Å². The first-order chi connectivity index (χ1) is 22.3. The molecule has 4 aromatic rings. The Morgan fingerprint density at radius 2 is 2.02 bits per heavy atom. The van der Waals surface area contributed by atoms with Crippen LogP contribution in [0.1, 0.15) is 44.6 Å². The number of nitrogens with zero attached hydrogens (tertiary/aromatic N) is 5. The van der Waals surface area contributed by atoms with Crippen molar-refractivity contribution in [1.82, 2.24) is 25.2 Å². The van der Waals surface area contributed by atoms with E-state index in [0.29, 0.717) is 60.1 Å². The lowest BCUT2D eigenvalue weighted by atomic mass is 9.94. The lowest BCUT2D eigenvalue weighted by molar-refractivity contribution is 0.107. The van der Waals surface area contributed by atoms with Crippen LogP contribution in [0.5, 0.6) is 17.6 Å². The molecule has 4 fully saturated rings. The van der Waals surface area contributed by atoms with E-state index in [9.17, 15) is 9.50 Å². The van der Waals surface area contributed by atoms with Crippen molar-refractivity contribution < 1.29 is 27.8 Å². The monoisotopic (exact) mass is 632 g/mol. The van der Waals surface area contributed by atoms with Crippen LogP contribution in [0.2, 0.25) is 0 Å². The molecule has 0 unspecified atom stereocenters. The summed E-state index contributed by atoms with van der Waals surface area (Å²) in [5.74, 6) is -0.568. The highest BCUT2D eigenvalue weighted by atomic mass is 19.1. The van der Waals surface area contributed by atoms with E-state index in [1.807, 2.05) is 6.92 Å². The minimum Gasteiger partial charge on any atom is -0.508 e. The Morgan fingerprint density at radius 3 is 2.89 bits per heavy atom. The molecule has 240 valence electrons. The summed E-state index contributed by atoms with van der Waals surface area (Å²) in [6.45, 7) is 4.21. The van der Waals surface area contributed by atoms with Crippen LogP contribution in [-0.2, 0) is 6.42 Å². The van der Waals surface area contributed by atoms with Gasteiger partial charge in [0.15, 0.2) is 5.82 Å². The molecule has 46 heavy (non-hydrogen) atoms. The third kappa shape index (κ3) is 4.18. The second kappa shape index (κ2) is 10.3. The summed E-state index contributed by atoms with van der Waals surface area (Å²) in [6.07, 6.45) is 3.62. The van der Waals surface area contributed by atoms with Crippen molar-refractivity contribution in [2.24, 2.45) is 0 Å². The number of phenols is 1. The summed E-state index contributed by atoms with van der Waals surface area (Å²) in [6, 6.07) is 6.25. The van der Waals surface area contributed by atoms with Gasteiger partial charge in [-0.25, -0.2) is 18.2 Å². The van der Waals surface area contributed by atoms with Crippen molar-refractivity contribution in [1.29, 1.82) is 0 Å². The van der Waals surface area contributed by atoms with E-state index in [2.05, 4.69) is 20.1 Å². The van der Waals surface area contributed by atoms with Crippen molar-refractivity contribution in [2.45, 2.75) is 75.3 Å². The Kier molecular flexibility index (Phi) is 6.34. The molecule has 2 N–H and O–H groups in total. The molecule has 2 aromatic heterocycles. The molecular weight excluding hydrogens is 597 g/mol. The quantitative estimate of drug-likeness (QED) is 0.314. The average Bonchev–Trinajstić information content (AvgIpc) is 3.68. The van der Waals surface area contributed by atoms with Crippen molar-refractivity contribution in [3.05, 3.63) is 41.5 Å². The van der Waals surface area contributed by atoms with Gasteiger partial charge in [0.1, 0.15) is 53.4 Å². The van der Waals surface area contributed by atoms with E-state index in [1.165, 1.54) is 18.2 Å². The molecule has 4 saturated heterocycles. The Labute approximate surface area is 263 Å². The first-order valence-electron chi connectivity index (χ1n) is 16.3. The van der Waals surface area contributed by atoms with Crippen LogP contribution in [0, 0.1) is 11.6 Å². The molecular formula is C34H35F3N6O3. The fourth-order valence-corrected chi connectivity index (χ4v) is 8.84. The van der Waals surface area contributed by atoms with Gasteiger partial charge in [0.05, 0.1) is 11.6 Å². The highest BCUT2D eigenvalue weighted by Gasteiger charge is 2.50. The average molecular weight is 633 g/mol. The molecule has 0 amide bonds. The molecule has 0 spiro atoms. The molecule has 5 aliphatic heterocycles. The number of aromatic hydroxyl groups is 1. The Hall–Kier alpha value is -3.90. The highest BCUT2D eigenvalue weighted by Crippen LogP contribution is 2.45. The third-order valence-corrected chi connectivity index (χ3v) is 10.9. The number of aromatic nitrogens is 3. The zero-order valence-corrected chi connectivity index (χ0v) is 25.5. The van der Waals surface area contributed by atoms with Crippen LogP contribution in [-0.4, -0.2) is 87.6 Å². The third-order valence-electron chi connectivity index (χ3n) is 10.9. The predicted octanol–water partition coefficient (Wildman–Crippen LogP) is 5.05. The minimum atomic E-state index is -0.913. The smallest absolute Gasteiger partial charge is 0.319 e. The SMILES string of the molecule is CCc1c(F)ccc2cc(O)cc(-c3nc4c5c(nc(OC[C@]67CCCN6C[C@H](F)C7)nc5c3F)N3C[C@@H]5CC[C@@H](N5)[C@@H]3CO4)c12. The van der Waals surface area contributed by atoms with Gasteiger partial charge in [-0.2, -0.15) is 9.97 Å². The number of rotatable bonds is 5. The lowest BCUT2D eigenvalue weighted by Gasteiger charge is -2.40.